The van der Waals surface area contributed by atoms with Gasteiger partial charge in [0.1, 0.15) is 4.21 Å². The molecule has 2 aromatic carbocycles. The predicted octanol–water partition coefficient (Wildman–Crippen LogP) is 3.02. The van der Waals surface area contributed by atoms with Crippen molar-refractivity contribution in [3.05, 3.63) is 77.7 Å². The Morgan fingerprint density at radius 1 is 0.912 bits per heavy atom. The van der Waals surface area contributed by atoms with Crippen LogP contribution in [0.1, 0.15) is 16.8 Å². The molecule has 4 rings (SSSR count). The normalized spacial score (nSPS) is 14.0. The Kier molecular flexibility index (Phi) is 7.49. The van der Waals surface area contributed by atoms with Crippen LogP contribution in [0.4, 0.5) is 11.4 Å². The SMILES string of the molecule is O=C(NCCC(=O)N1CCN(c2ccccc2)CC1)c1cccc(NS(=O)(=O)c2cccs2)c1. The number of hydrogen-bond acceptors (Lipinski definition) is 6. The van der Waals surface area contributed by atoms with Gasteiger partial charge in [0, 0.05) is 56.1 Å². The number of amides is 2. The number of thiophene rings is 1. The maximum Gasteiger partial charge on any atom is 0.271 e. The van der Waals surface area contributed by atoms with Gasteiger partial charge in [-0.3, -0.25) is 14.3 Å². The first-order chi connectivity index (χ1) is 16.4. The van der Waals surface area contributed by atoms with Gasteiger partial charge in [-0.15, -0.1) is 11.3 Å². The number of piperazine rings is 1. The zero-order chi connectivity index (χ0) is 24.0. The van der Waals surface area contributed by atoms with E-state index < -0.39 is 10.0 Å². The monoisotopic (exact) mass is 498 g/mol. The first-order valence-electron chi connectivity index (χ1n) is 10.9. The molecule has 8 nitrogen and oxygen atoms in total. The van der Waals surface area contributed by atoms with E-state index in [2.05, 4.69) is 27.1 Å². The lowest BCUT2D eigenvalue weighted by Gasteiger charge is -2.36. The molecule has 178 valence electrons. The highest BCUT2D eigenvalue weighted by atomic mass is 32.2. The number of nitrogens with zero attached hydrogens (tertiary/aromatic N) is 2. The molecule has 10 heteroatoms. The van der Waals surface area contributed by atoms with E-state index >= 15 is 0 Å². The molecule has 0 bridgehead atoms. The highest BCUT2D eigenvalue weighted by molar-refractivity contribution is 7.94. The molecule has 1 aromatic heterocycles. The molecule has 1 aliphatic rings. The van der Waals surface area contributed by atoms with E-state index in [1.54, 1.807) is 29.6 Å². The maximum atomic E-state index is 12.6. The molecule has 2 N–H and O–H groups in total. The summed E-state index contributed by atoms with van der Waals surface area (Å²) in [6, 6.07) is 19.6. The largest absolute Gasteiger partial charge is 0.368 e. The molecule has 0 spiro atoms. The van der Waals surface area contributed by atoms with Crippen LogP contribution in [0.2, 0.25) is 0 Å². The van der Waals surface area contributed by atoms with Crippen molar-refractivity contribution < 1.29 is 18.0 Å². The summed E-state index contributed by atoms with van der Waals surface area (Å²) in [5.74, 6) is -0.357. The minimum Gasteiger partial charge on any atom is -0.368 e. The number of carbonyl (C=O) groups is 2. The fraction of sp³-hybridized carbons (Fsp3) is 0.250. The second-order valence-corrected chi connectivity index (χ2v) is 10.7. The van der Waals surface area contributed by atoms with Gasteiger partial charge in [-0.1, -0.05) is 30.3 Å². The lowest BCUT2D eigenvalue weighted by atomic mass is 10.2. The Morgan fingerprint density at radius 3 is 2.38 bits per heavy atom. The molecule has 2 heterocycles. The molecule has 0 atom stereocenters. The van der Waals surface area contributed by atoms with Crippen LogP contribution in [0.3, 0.4) is 0 Å². The van der Waals surface area contributed by atoms with Crippen LogP contribution in [0.15, 0.2) is 76.3 Å². The van der Waals surface area contributed by atoms with Gasteiger partial charge < -0.3 is 15.1 Å². The lowest BCUT2D eigenvalue weighted by Crippen LogP contribution is -2.49. The van der Waals surface area contributed by atoms with Crippen molar-refractivity contribution >= 4 is 44.5 Å². The Morgan fingerprint density at radius 2 is 1.68 bits per heavy atom. The van der Waals surface area contributed by atoms with E-state index in [-0.39, 0.29) is 29.0 Å². The van der Waals surface area contributed by atoms with Crippen molar-refractivity contribution in [1.29, 1.82) is 0 Å². The van der Waals surface area contributed by atoms with E-state index in [0.29, 0.717) is 24.3 Å². The van der Waals surface area contributed by atoms with Crippen LogP contribution >= 0.6 is 11.3 Å². The van der Waals surface area contributed by atoms with E-state index in [1.165, 1.54) is 12.1 Å². The Balaban J connectivity index is 1.24. The van der Waals surface area contributed by atoms with Crippen LogP contribution in [-0.4, -0.2) is 57.9 Å². The summed E-state index contributed by atoms with van der Waals surface area (Å²) >= 11 is 1.12. The van der Waals surface area contributed by atoms with Gasteiger partial charge in [0.15, 0.2) is 0 Å². The van der Waals surface area contributed by atoms with Crippen LogP contribution in [-0.2, 0) is 14.8 Å². The van der Waals surface area contributed by atoms with Gasteiger partial charge in [0.25, 0.3) is 15.9 Å². The van der Waals surface area contributed by atoms with Crippen molar-refractivity contribution in [1.82, 2.24) is 10.2 Å². The number of anilines is 2. The first-order valence-corrected chi connectivity index (χ1v) is 13.3. The number of para-hydroxylation sites is 1. The Hall–Kier alpha value is -3.37. The summed E-state index contributed by atoms with van der Waals surface area (Å²) in [5, 5.41) is 4.43. The van der Waals surface area contributed by atoms with Crippen molar-refractivity contribution in [3.8, 4) is 0 Å². The predicted molar refractivity (Wildman–Crippen MR) is 134 cm³/mol. The van der Waals surface area contributed by atoms with Gasteiger partial charge in [0.2, 0.25) is 5.91 Å². The third-order valence-corrected chi connectivity index (χ3v) is 8.29. The maximum absolute atomic E-state index is 12.6. The van der Waals surface area contributed by atoms with Crippen LogP contribution < -0.4 is 14.9 Å². The number of benzene rings is 2. The molecular weight excluding hydrogens is 472 g/mol. The van der Waals surface area contributed by atoms with Crippen molar-refractivity contribution in [2.24, 2.45) is 0 Å². The standard InChI is InChI=1S/C24H26N4O4S2/c29-22(28-15-13-27(14-16-28)21-8-2-1-3-9-21)11-12-25-24(30)19-6-4-7-20(18-19)26-34(31,32)23-10-5-17-33-23/h1-10,17-18,26H,11-16H2,(H,25,30). The van der Waals surface area contributed by atoms with Crippen LogP contribution in [0.5, 0.6) is 0 Å². The van der Waals surface area contributed by atoms with E-state index in [0.717, 1.165) is 30.1 Å². The zero-order valence-corrected chi connectivity index (χ0v) is 20.1. The highest BCUT2D eigenvalue weighted by Gasteiger charge is 2.21. The summed E-state index contributed by atoms with van der Waals surface area (Å²) in [5.41, 5.74) is 1.77. The van der Waals surface area contributed by atoms with Crippen molar-refractivity contribution in [2.45, 2.75) is 10.6 Å². The molecule has 1 fully saturated rings. The third-order valence-electron chi connectivity index (χ3n) is 5.52. The molecule has 0 unspecified atom stereocenters. The average Bonchev–Trinajstić information content (AvgIpc) is 3.41. The molecule has 0 saturated carbocycles. The van der Waals surface area contributed by atoms with Crippen LogP contribution in [0, 0.1) is 0 Å². The first kappa shape index (κ1) is 23.8. The van der Waals surface area contributed by atoms with Gasteiger partial charge in [-0.2, -0.15) is 0 Å². The van der Waals surface area contributed by atoms with Crippen molar-refractivity contribution in [2.75, 3.05) is 42.3 Å². The highest BCUT2D eigenvalue weighted by Crippen LogP contribution is 2.21. The number of sulfonamides is 1. The minimum absolute atomic E-state index is 0.00507. The second kappa shape index (κ2) is 10.7. The Bertz CT molecular complexity index is 1220. The molecule has 2 amide bonds. The molecule has 34 heavy (non-hydrogen) atoms. The van der Waals surface area contributed by atoms with Gasteiger partial charge in [-0.05, 0) is 41.8 Å². The number of carbonyl (C=O) groups excluding carboxylic acids is 2. The molecule has 1 saturated heterocycles. The summed E-state index contributed by atoms with van der Waals surface area (Å²) < 4.78 is 27.5. The minimum atomic E-state index is -3.69. The fourth-order valence-corrected chi connectivity index (χ4v) is 5.78. The van der Waals surface area contributed by atoms with E-state index in [1.807, 2.05) is 23.1 Å². The lowest BCUT2D eigenvalue weighted by molar-refractivity contribution is -0.131. The summed E-state index contributed by atoms with van der Waals surface area (Å²) in [7, 11) is -3.69. The zero-order valence-electron chi connectivity index (χ0n) is 18.5. The second-order valence-electron chi connectivity index (χ2n) is 7.83. The molecule has 3 aromatic rings. The summed E-state index contributed by atoms with van der Waals surface area (Å²) in [6.45, 7) is 3.05. The smallest absolute Gasteiger partial charge is 0.271 e. The van der Waals surface area contributed by atoms with Gasteiger partial charge in [0.05, 0.1) is 0 Å². The number of hydrogen-bond donors (Lipinski definition) is 2. The van der Waals surface area contributed by atoms with Crippen LogP contribution in [0.25, 0.3) is 0 Å². The van der Waals surface area contributed by atoms with Gasteiger partial charge >= 0.3 is 0 Å². The fourth-order valence-electron chi connectivity index (χ4n) is 3.74. The summed E-state index contributed by atoms with van der Waals surface area (Å²) in [4.78, 5) is 29.2. The third kappa shape index (κ3) is 5.95. The van der Waals surface area contributed by atoms with Crippen molar-refractivity contribution in [3.63, 3.8) is 0 Å². The average molecular weight is 499 g/mol. The molecular formula is C24H26N4O4S2. The topological polar surface area (TPSA) is 98.8 Å². The number of rotatable bonds is 8. The summed E-state index contributed by atoms with van der Waals surface area (Å²) in [6.07, 6.45) is 0.210. The number of nitrogens with one attached hydrogen (secondary N) is 2. The molecule has 0 aliphatic carbocycles. The van der Waals surface area contributed by atoms with Gasteiger partial charge in [-0.25, -0.2) is 8.42 Å². The Labute approximate surface area is 203 Å². The van der Waals surface area contributed by atoms with E-state index in [9.17, 15) is 18.0 Å². The molecule has 1 aliphatic heterocycles. The molecule has 0 radical (unpaired) electrons. The quantitative estimate of drug-likeness (QED) is 0.498. The van der Waals surface area contributed by atoms with E-state index in [4.69, 9.17) is 0 Å².